The van der Waals surface area contributed by atoms with Crippen molar-refractivity contribution in [3.8, 4) is 12.3 Å². The van der Waals surface area contributed by atoms with E-state index in [0.717, 1.165) is 10.9 Å². The van der Waals surface area contributed by atoms with Gasteiger partial charge in [-0.05, 0) is 24.6 Å². The van der Waals surface area contributed by atoms with Crippen LogP contribution in [0.25, 0.3) is 0 Å². The molecule has 0 unspecified atom stereocenters. The van der Waals surface area contributed by atoms with Crippen molar-refractivity contribution in [2.45, 2.75) is 13.3 Å². The maximum absolute atomic E-state index is 12.2. The maximum Gasteiger partial charge on any atom is 0.254 e. The van der Waals surface area contributed by atoms with Crippen molar-refractivity contribution in [3.63, 3.8) is 0 Å². The molecule has 1 aromatic carbocycles. The summed E-state index contributed by atoms with van der Waals surface area (Å²) >= 11 is 9.22. The van der Waals surface area contributed by atoms with E-state index in [1.807, 2.05) is 6.92 Å². The second kappa shape index (κ2) is 6.68. The van der Waals surface area contributed by atoms with Crippen molar-refractivity contribution in [3.05, 3.63) is 33.3 Å². The highest BCUT2D eigenvalue weighted by Gasteiger charge is 2.14. The van der Waals surface area contributed by atoms with Crippen molar-refractivity contribution in [1.29, 1.82) is 0 Å². The van der Waals surface area contributed by atoms with Gasteiger partial charge in [0.25, 0.3) is 5.91 Å². The van der Waals surface area contributed by atoms with Gasteiger partial charge in [0.15, 0.2) is 0 Å². The van der Waals surface area contributed by atoms with Crippen LogP contribution in [0.4, 0.5) is 0 Å². The standard InChI is InChI=1S/C13H13BrClNO/c1-3-5-16(6-4-2)13(17)10-7-11(14)9-12(15)8-10/h1,7-9H,4-6H2,2H3. The summed E-state index contributed by atoms with van der Waals surface area (Å²) in [5, 5.41) is 0.528. The number of halogens is 2. The predicted octanol–water partition coefficient (Wildman–Crippen LogP) is 3.59. The summed E-state index contributed by atoms with van der Waals surface area (Å²) in [6.07, 6.45) is 6.13. The van der Waals surface area contributed by atoms with Gasteiger partial charge < -0.3 is 4.90 Å². The molecule has 0 spiro atoms. The summed E-state index contributed by atoms with van der Waals surface area (Å²) < 4.78 is 0.783. The van der Waals surface area contributed by atoms with Crippen LogP contribution in [0, 0.1) is 12.3 Å². The lowest BCUT2D eigenvalue weighted by Gasteiger charge is -2.19. The van der Waals surface area contributed by atoms with E-state index in [4.69, 9.17) is 18.0 Å². The number of carbonyl (C=O) groups excluding carboxylic acids is 1. The van der Waals surface area contributed by atoms with Crippen molar-refractivity contribution in [1.82, 2.24) is 4.90 Å². The minimum Gasteiger partial charge on any atom is -0.328 e. The van der Waals surface area contributed by atoms with E-state index in [1.54, 1.807) is 23.1 Å². The smallest absolute Gasteiger partial charge is 0.254 e. The second-order valence-electron chi connectivity index (χ2n) is 3.59. The summed E-state index contributed by atoms with van der Waals surface area (Å²) in [6.45, 7) is 2.97. The van der Waals surface area contributed by atoms with Crippen LogP contribution in [0.1, 0.15) is 23.7 Å². The third kappa shape index (κ3) is 4.07. The molecule has 0 aliphatic rings. The van der Waals surface area contributed by atoms with Crippen LogP contribution in [0.3, 0.4) is 0 Å². The highest BCUT2D eigenvalue weighted by Crippen LogP contribution is 2.20. The molecule has 0 aliphatic carbocycles. The van der Waals surface area contributed by atoms with E-state index >= 15 is 0 Å². The number of carbonyl (C=O) groups is 1. The summed E-state index contributed by atoms with van der Waals surface area (Å²) in [5.41, 5.74) is 0.549. The number of nitrogens with zero attached hydrogens (tertiary/aromatic N) is 1. The van der Waals surface area contributed by atoms with Crippen molar-refractivity contribution >= 4 is 33.4 Å². The van der Waals surface area contributed by atoms with Gasteiger partial charge >= 0.3 is 0 Å². The zero-order valence-electron chi connectivity index (χ0n) is 9.54. The van der Waals surface area contributed by atoms with E-state index in [1.165, 1.54) is 0 Å². The molecule has 0 bridgehead atoms. The molecule has 0 saturated heterocycles. The Balaban J connectivity index is 2.96. The first-order valence-corrected chi connectivity index (χ1v) is 6.44. The Hall–Kier alpha value is -0.980. The second-order valence-corrected chi connectivity index (χ2v) is 4.94. The molecule has 0 N–H and O–H groups in total. The van der Waals surface area contributed by atoms with E-state index in [9.17, 15) is 4.79 Å². The van der Waals surface area contributed by atoms with Gasteiger partial charge in [0.05, 0.1) is 6.54 Å². The van der Waals surface area contributed by atoms with Gasteiger partial charge in [0.1, 0.15) is 0 Å². The molecule has 0 radical (unpaired) electrons. The predicted molar refractivity (Wildman–Crippen MR) is 74.2 cm³/mol. The van der Waals surface area contributed by atoms with Gasteiger partial charge in [-0.2, -0.15) is 0 Å². The van der Waals surface area contributed by atoms with E-state index in [2.05, 4.69) is 21.9 Å². The zero-order chi connectivity index (χ0) is 12.8. The fourth-order valence-corrected chi connectivity index (χ4v) is 2.35. The van der Waals surface area contributed by atoms with E-state index in [-0.39, 0.29) is 5.91 Å². The fraction of sp³-hybridized carbons (Fsp3) is 0.308. The molecule has 1 amide bonds. The Bertz CT molecular complexity index is 433. The van der Waals surface area contributed by atoms with Gasteiger partial charge in [-0.15, -0.1) is 6.42 Å². The maximum atomic E-state index is 12.2. The SMILES string of the molecule is C#CCN(CCC)C(=O)c1cc(Cl)cc(Br)c1. The Morgan fingerprint density at radius 2 is 2.24 bits per heavy atom. The van der Waals surface area contributed by atoms with Crippen LogP contribution in [-0.2, 0) is 0 Å². The molecule has 0 saturated carbocycles. The van der Waals surface area contributed by atoms with Gasteiger partial charge in [-0.25, -0.2) is 0 Å². The molecule has 0 fully saturated rings. The molecule has 90 valence electrons. The van der Waals surface area contributed by atoms with Gasteiger partial charge in [-0.3, -0.25) is 4.79 Å². The Labute approximate surface area is 115 Å². The highest BCUT2D eigenvalue weighted by molar-refractivity contribution is 9.10. The average molecular weight is 315 g/mol. The minimum atomic E-state index is -0.0898. The number of amides is 1. The fourth-order valence-electron chi connectivity index (χ4n) is 1.49. The van der Waals surface area contributed by atoms with Gasteiger partial charge in [0, 0.05) is 21.6 Å². The average Bonchev–Trinajstić information content (AvgIpc) is 2.26. The van der Waals surface area contributed by atoms with Gasteiger partial charge in [0.2, 0.25) is 0 Å². The molecular weight excluding hydrogens is 302 g/mol. The largest absolute Gasteiger partial charge is 0.328 e. The number of benzene rings is 1. The molecule has 1 aromatic rings. The summed E-state index contributed by atoms with van der Waals surface area (Å²) in [6, 6.07) is 5.13. The molecule has 17 heavy (non-hydrogen) atoms. The number of hydrogen-bond donors (Lipinski definition) is 0. The van der Waals surface area contributed by atoms with Crippen LogP contribution in [0.5, 0.6) is 0 Å². The molecule has 0 atom stereocenters. The molecule has 0 aromatic heterocycles. The Morgan fingerprint density at radius 3 is 2.76 bits per heavy atom. The first kappa shape index (κ1) is 14.1. The first-order valence-electron chi connectivity index (χ1n) is 5.27. The molecule has 4 heteroatoms. The zero-order valence-corrected chi connectivity index (χ0v) is 11.9. The van der Waals surface area contributed by atoms with Crippen LogP contribution >= 0.6 is 27.5 Å². The first-order chi connectivity index (χ1) is 8.08. The minimum absolute atomic E-state index is 0.0898. The number of rotatable bonds is 4. The van der Waals surface area contributed by atoms with E-state index in [0.29, 0.717) is 23.7 Å². The lowest BCUT2D eigenvalue weighted by Crippen LogP contribution is -2.32. The van der Waals surface area contributed by atoms with Crippen molar-refractivity contribution < 1.29 is 4.79 Å². The van der Waals surface area contributed by atoms with Crippen molar-refractivity contribution in [2.24, 2.45) is 0 Å². The Morgan fingerprint density at radius 1 is 1.53 bits per heavy atom. The van der Waals surface area contributed by atoms with Crippen LogP contribution in [-0.4, -0.2) is 23.9 Å². The molecular formula is C13H13BrClNO. The molecule has 0 heterocycles. The normalized spacial score (nSPS) is 9.76. The van der Waals surface area contributed by atoms with Crippen LogP contribution < -0.4 is 0 Å². The molecule has 2 nitrogen and oxygen atoms in total. The highest BCUT2D eigenvalue weighted by atomic mass is 79.9. The quantitative estimate of drug-likeness (QED) is 0.778. The number of hydrogen-bond acceptors (Lipinski definition) is 1. The van der Waals surface area contributed by atoms with Crippen molar-refractivity contribution in [2.75, 3.05) is 13.1 Å². The monoisotopic (exact) mass is 313 g/mol. The molecule has 1 rings (SSSR count). The summed E-state index contributed by atoms with van der Waals surface area (Å²) in [4.78, 5) is 13.8. The van der Waals surface area contributed by atoms with E-state index < -0.39 is 0 Å². The number of terminal acetylenes is 1. The third-order valence-corrected chi connectivity index (χ3v) is 2.85. The van der Waals surface area contributed by atoms with Crippen LogP contribution in [0.2, 0.25) is 5.02 Å². The lowest BCUT2D eigenvalue weighted by molar-refractivity contribution is 0.0777. The molecule has 0 aliphatic heterocycles. The van der Waals surface area contributed by atoms with Crippen LogP contribution in [0.15, 0.2) is 22.7 Å². The summed E-state index contributed by atoms with van der Waals surface area (Å²) in [5.74, 6) is 2.40. The topological polar surface area (TPSA) is 20.3 Å². The third-order valence-electron chi connectivity index (χ3n) is 2.17. The van der Waals surface area contributed by atoms with Gasteiger partial charge in [-0.1, -0.05) is 40.4 Å². The Kier molecular flexibility index (Phi) is 5.54. The lowest BCUT2D eigenvalue weighted by atomic mass is 10.2. The summed E-state index contributed by atoms with van der Waals surface area (Å²) in [7, 11) is 0.